The molecule has 2 rings (SSSR count). The van der Waals surface area contributed by atoms with Gasteiger partial charge in [0.05, 0.1) is 24.8 Å². The predicted molar refractivity (Wildman–Crippen MR) is 81.2 cm³/mol. The van der Waals surface area contributed by atoms with Gasteiger partial charge in [-0.05, 0) is 30.3 Å². The quantitative estimate of drug-likeness (QED) is 0.825. The Hall–Kier alpha value is -2.41. The van der Waals surface area contributed by atoms with E-state index in [1.165, 1.54) is 26.4 Å². The van der Waals surface area contributed by atoms with Crippen molar-refractivity contribution in [1.82, 2.24) is 0 Å². The molecule has 0 heterocycles. The van der Waals surface area contributed by atoms with E-state index in [0.29, 0.717) is 22.9 Å². The molecule has 0 bridgehead atoms. The third kappa shape index (κ3) is 3.38. The summed E-state index contributed by atoms with van der Waals surface area (Å²) in [6.45, 7) is 0. The van der Waals surface area contributed by atoms with Crippen LogP contribution in [-0.4, -0.2) is 22.6 Å². The molecule has 0 aliphatic heterocycles. The molecule has 0 radical (unpaired) electrons. The maximum absolute atomic E-state index is 12.3. The summed E-state index contributed by atoms with van der Waals surface area (Å²) in [4.78, 5) is 0.0837. The van der Waals surface area contributed by atoms with Gasteiger partial charge in [0.25, 0.3) is 10.0 Å². The van der Waals surface area contributed by atoms with Crippen molar-refractivity contribution < 1.29 is 17.9 Å². The number of rotatable bonds is 5. The summed E-state index contributed by atoms with van der Waals surface area (Å²) in [5.41, 5.74) is 6.30. The fraction of sp³-hybridized carbons (Fsp3) is 0.143. The molecule has 0 saturated heterocycles. The second-order valence-corrected chi connectivity index (χ2v) is 5.93. The summed E-state index contributed by atoms with van der Waals surface area (Å²) in [7, 11) is -0.768. The molecular formula is C14H16N2O4S. The van der Waals surface area contributed by atoms with Gasteiger partial charge in [-0.3, -0.25) is 4.72 Å². The zero-order valence-electron chi connectivity index (χ0n) is 11.7. The molecular weight excluding hydrogens is 292 g/mol. The monoisotopic (exact) mass is 308 g/mol. The number of nitrogens with two attached hydrogens (primary N) is 1. The van der Waals surface area contributed by atoms with E-state index in [4.69, 9.17) is 15.2 Å². The number of benzene rings is 2. The van der Waals surface area contributed by atoms with E-state index in [-0.39, 0.29) is 4.90 Å². The fourth-order valence-electron chi connectivity index (χ4n) is 1.77. The van der Waals surface area contributed by atoms with E-state index in [0.717, 1.165) is 0 Å². The zero-order chi connectivity index (χ0) is 15.5. The Morgan fingerprint density at radius 1 is 1.05 bits per heavy atom. The van der Waals surface area contributed by atoms with Gasteiger partial charge in [0, 0.05) is 11.8 Å². The van der Waals surface area contributed by atoms with Crippen LogP contribution in [0.1, 0.15) is 0 Å². The van der Waals surface area contributed by atoms with Crippen molar-refractivity contribution >= 4 is 21.4 Å². The Morgan fingerprint density at radius 2 is 1.81 bits per heavy atom. The Morgan fingerprint density at radius 3 is 2.43 bits per heavy atom. The molecule has 7 heteroatoms. The van der Waals surface area contributed by atoms with Crippen LogP contribution in [0.15, 0.2) is 47.4 Å². The summed E-state index contributed by atoms with van der Waals surface area (Å²) in [6, 6.07) is 10.9. The first kappa shape index (κ1) is 15.0. The van der Waals surface area contributed by atoms with Crippen molar-refractivity contribution in [2.24, 2.45) is 0 Å². The smallest absolute Gasteiger partial charge is 0.262 e. The number of hydrogen-bond acceptors (Lipinski definition) is 5. The maximum atomic E-state index is 12.3. The number of nitrogens with one attached hydrogen (secondary N) is 1. The van der Waals surface area contributed by atoms with Gasteiger partial charge in [-0.25, -0.2) is 8.42 Å². The minimum Gasteiger partial charge on any atom is -0.497 e. The Balaban J connectivity index is 2.37. The van der Waals surface area contributed by atoms with Gasteiger partial charge in [0.15, 0.2) is 0 Å². The van der Waals surface area contributed by atoms with E-state index in [9.17, 15) is 8.42 Å². The summed E-state index contributed by atoms with van der Waals surface area (Å²) < 4.78 is 37.3. The first-order valence-electron chi connectivity index (χ1n) is 6.06. The molecule has 0 aliphatic carbocycles. The van der Waals surface area contributed by atoms with Crippen LogP contribution >= 0.6 is 0 Å². The molecule has 0 unspecified atom stereocenters. The van der Waals surface area contributed by atoms with Crippen molar-refractivity contribution in [3.63, 3.8) is 0 Å². The molecule has 0 saturated carbocycles. The molecule has 0 atom stereocenters. The third-order valence-corrected chi connectivity index (χ3v) is 4.18. The summed E-state index contributed by atoms with van der Waals surface area (Å²) in [5, 5.41) is 0. The van der Waals surface area contributed by atoms with Gasteiger partial charge in [-0.15, -0.1) is 0 Å². The molecule has 21 heavy (non-hydrogen) atoms. The molecule has 0 spiro atoms. The van der Waals surface area contributed by atoms with Crippen LogP contribution in [0.3, 0.4) is 0 Å². The molecule has 6 nitrogen and oxygen atoms in total. The lowest BCUT2D eigenvalue weighted by Crippen LogP contribution is -2.13. The lowest BCUT2D eigenvalue weighted by molar-refractivity contribution is 0.395. The summed E-state index contributed by atoms with van der Waals surface area (Å²) in [6.07, 6.45) is 0. The van der Waals surface area contributed by atoms with Crippen molar-refractivity contribution in [2.45, 2.75) is 4.90 Å². The van der Waals surface area contributed by atoms with Gasteiger partial charge < -0.3 is 15.2 Å². The van der Waals surface area contributed by atoms with E-state index in [1.807, 2.05) is 0 Å². The van der Waals surface area contributed by atoms with Crippen molar-refractivity contribution in [2.75, 3.05) is 24.7 Å². The number of methoxy groups -OCH3 is 2. The second-order valence-electron chi connectivity index (χ2n) is 4.24. The molecule has 0 fully saturated rings. The maximum Gasteiger partial charge on any atom is 0.262 e. The minimum absolute atomic E-state index is 0.0837. The minimum atomic E-state index is -3.74. The van der Waals surface area contributed by atoms with Crippen LogP contribution in [0.2, 0.25) is 0 Å². The standard InChI is InChI=1S/C14H16N2O4S/c1-19-11-6-7-13(14(9-11)20-2)16-21(17,18)12-5-3-4-10(15)8-12/h3-9,16H,15H2,1-2H3. The van der Waals surface area contributed by atoms with E-state index in [1.54, 1.807) is 30.3 Å². The summed E-state index contributed by atoms with van der Waals surface area (Å²) >= 11 is 0. The second kappa shape index (κ2) is 5.92. The van der Waals surface area contributed by atoms with Gasteiger partial charge >= 0.3 is 0 Å². The van der Waals surface area contributed by atoms with Gasteiger partial charge in [0.2, 0.25) is 0 Å². The highest BCUT2D eigenvalue weighted by Crippen LogP contribution is 2.30. The topological polar surface area (TPSA) is 90.7 Å². The predicted octanol–water partition coefficient (Wildman–Crippen LogP) is 2.09. The molecule has 3 N–H and O–H groups in total. The SMILES string of the molecule is COc1ccc(NS(=O)(=O)c2cccc(N)c2)c(OC)c1. The molecule has 112 valence electrons. The van der Waals surface area contributed by atoms with Crippen molar-refractivity contribution in [3.05, 3.63) is 42.5 Å². The van der Waals surface area contributed by atoms with Gasteiger partial charge in [-0.2, -0.15) is 0 Å². The molecule has 0 aromatic heterocycles. The van der Waals surface area contributed by atoms with Crippen molar-refractivity contribution in [3.8, 4) is 11.5 Å². The highest BCUT2D eigenvalue weighted by atomic mass is 32.2. The highest BCUT2D eigenvalue weighted by molar-refractivity contribution is 7.92. The third-order valence-electron chi connectivity index (χ3n) is 2.82. The Bertz CT molecular complexity index is 744. The average Bonchev–Trinajstić information content (AvgIpc) is 2.47. The Labute approximate surface area is 123 Å². The molecule has 0 aliphatic rings. The lowest BCUT2D eigenvalue weighted by Gasteiger charge is -2.13. The normalized spacial score (nSPS) is 11.0. The number of sulfonamides is 1. The number of nitrogen functional groups attached to an aromatic ring is 1. The Kier molecular flexibility index (Phi) is 4.23. The number of hydrogen-bond donors (Lipinski definition) is 2. The van der Waals surface area contributed by atoms with E-state index >= 15 is 0 Å². The van der Waals surface area contributed by atoms with Crippen LogP contribution in [0, 0.1) is 0 Å². The van der Waals surface area contributed by atoms with Crippen LogP contribution in [0.5, 0.6) is 11.5 Å². The first-order valence-corrected chi connectivity index (χ1v) is 7.55. The van der Waals surface area contributed by atoms with Gasteiger partial charge in [-0.1, -0.05) is 6.07 Å². The van der Waals surface area contributed by atoms with Crippen LogP contribution in [-0.2, 0) is 10.0 Å². The zero-order valence-corrected chi connectivity index (χ0v) is 12.5. The van der Waals surface area contributed by atoms with Crippen LogP contribution < -0.4 is 19.9 Å². The number of anilines is 2. The van der Waals surface area contributed by atoms with Crippen LogP contribution in [0.4, 0.5) is 11.4 Å². The molecule has 2 aromatic rings. The fourth-order valence-corrected chi connectivity index (χ4v) is 2.89. The molecule has 0 amide bonds. The van der Waals surface area contributed by atoms with Gasteiger partial charge in [0.1, 0.15) is 11.5 Å². The van der Waals surface area contributed by atoms with E-state index < -0.39 is 10.0 Å². The highest BCUT2D eigenvalue weighted by Gasteiger charge is 2.17. The first-order chi connectivity index (χ1) is 9.96. The average molecular weight is 308 g/mol. The van der Waals surface area contributed by atoms with E-state index in [2.05, 4.69) is 4.72 Å². The lowest BCUT2D eigenvalue weighted by atomic mass is 10.3. The van der Waals surface area contributed by atoms with Crippen molar-refractivity contribution in [1.29, 1.82) is 0 Å². The molecule has 2 aromatic carbocycles. The largest absolute Gasteiger partial charge is 0.497 e. The summed E-state index contributed by atoms with van der Waals surface area (Å²) in [5.74, 6) is 0.931. The number of ether oxygens (including phenoxy) is 2. The van der Waals surface area contributed by atoms with Crippen LogP contribution in [0.25, 0.3) is 0 Å².